The highest BCUT2D eigenvalue weighted by Gasteiger charge is 2.48. The molecule has 1 heterocycles. The summed E-state index contributed by atoms with van der Waals surface area (Å²) in [5, 5.41) is 3.33. The van der Waals surface area contributed by atoms with Crippen LogP contribution in [0.4, 0.5) is 4.79 Å². The van der Waals surface area contributed by atoms with Crippen molar-refractivity contribution >= 4 is 23.5 Å². The van der Waals surface area contributed by atoms with Crippen molar-refractivity contribution in [1.29, 1.82) is 0 Å². The minimum atomic E-state index is -1.11. The van der Waals surface area contributed by atoms with E-state index in [9.17, 15) is 9.59 Å². The third-order valence-electron chi connectivity index (χ3n) is 4.41. The van der Waals surface area contributed by atoms with Gasteiger partial charge in [0, 0.05) is 5.02 Å². The largest absolute Gasteiger partial charge is 0.494 e. The molecule has 0 spiro atoms. The van der Waals surface area contributed by atoms with E-state index in [1.54, 1.807) is 43.3 Å². The molecule has 0 saturated carbocycles. The van der Waals surface area contributed by atoms with Gasteiger partial charge in [-0.05, 0) is 55.8 Å². The number of urea groups is 1. The van der Waals surface area contributed by atoms with Crippen LogP contribution >= 0.6 is 11.6 Å². The molecule has 1 N–H and O–H groups in total. The minimum Gasteiger partial charge on any atom is -0.494 e. The van der Waals surface area contributed by atoms with Crippen molar-refractivity contribution in [1.82, 2.24) is 10.2 Å². The van der Waals surface area contributed by atoms with Gasteiger partial charge in [-0.15, -0.1) is 0 Å². The van der Waals surface area contributed by atoms with Gasteiger partial charge in [0.2, 0.25) is 0 Å². The molecule has 3 amide bonds. The lowest BCUT2D eigenvalue weighted by atomic mass is 9.92. The molecule has 7 heteroatoms. The van der Waals surface area contributed by atoms with Crippen LogP contribution in [0.25, 0.3) is 0 Å². The quantitative estimate of drug-likeness (QED) is 0.736. The maximum absolute atomic E-state index is 12.8. The van der Waals surface area contributed by atoms with Crippen molar-refractivity contribution in [2.45, 2.75) is 19.4 Å². The Morgan fingerprint density at radius 2 is 1.59 bits per heavy atom. The van der Waals surface area contributed by atoms with Gasteiger partial charge in [-0.25, -0.2) is 4.79 Å². The fraction of sp³-hybridized carbons (Fsp3) is 0.300. The average molecular weight is 389 g/mol. The summed E-state index contributed by atoms with van der Waals surface area (Å²) in [6.45, 7) is 4.55. The highest BCUT2D eigenvalue weighted by atomic mass is 35.5. The van der Waals surface area contributed by atoms with E-state index in [1.165, 1.54) is 4.90 Å². The van der Waals surface area contributed by atoms with Crippen molar-refractivity contribution in [3.8, 4) is 11.5 Å². The van der Waals surface area contributed by atoms with Gasteiger partial charge in [0.1, 0.15) is 23.6 Å². The number of rotatable bonds is 7. The Labute approximate surface area is 163 Å². The van der Waals surface area contributed by atoms with Crippen molar-refractivity contribution < 1.29 is 19.1 Å². The van der Waals surface area contributed by atoms with Crippen LogP contribution in [0.1, 0.15) is 19.4 Å². The number of hydrogen-bond acceptors (Lipinski definition) is 4. The predicted molar refractivity (Wildman–Crippen MR) is 102 cm³/mol. The van der Waals surface area contributed by atoms with Gasteiger partial charge in [-0.3, -0.25) is 9.69 Å². The molecule has 6 nitrogen and oxygen atoms in total. The van der Waals surface area contributed by atoms with Crippen molar-refractivity contribution in [3.63, 3.8) is 0 Å². The summed E-state index contributed by atoms with van der Waals surface area (Å²) in [6, 6.07) is 13.6. The Morgan fingerprint density at radius 1 is 1.00 bits per heavy atom. The summed E-state index contributed by atoms with van der Waals surface area (Å²) >= 11 is 5.90. The van der Waals surface area contributed by atoms with Crippen LogP contribution in [0.5, 0.6) is 11.5 Å². The van der Waals surface area contributed by atoms with Crippen LogP contribution in [0.15, 0.2) is 48.5 Å². The summed E-state index contributed by atoms with van der Waals surface area (Å²) in [7, 11) is 0. The molecule has 1 atom stereocenters. The van der Waals surface area contributed by atoms with E-state index in [-0.39, 0.29) is 19.1 Å². The molecular formula is C20H21ClN2O4. The SMILES string of the molecule is CCOc1ccc(OCCN2C(=O)NC(C)(c3ccc(Cl)cc3)C2=O)cc1. The van der Waals surface area contributed by atoms with Gasteiger partial charge >= 0.3 is 6.03 Å². The third kappa shape index (κ3) is 4.01. The van der Waals surface area contributed by atoms with E-state index in [4.69, 9.17) is 21.1 Å². The highest BCUT2D eigenvalue weighted by Crippen LogP contribution is 2.29. The molecule has 1 fully saturated rings. The van der Waals surface area contributed by atoms with Crippen LogP contribution < -0.4 is 14.8 Å². The zero-order chi connectivity index (χ0) is 19.4. The lowest BCUT2D eigenvalue weighted by Gasteiger charge is -2.22. The van der Waals surface area contributed by atoms with Crippen LogP contribution in [-0.4, -0.2) is 36.6 Å². The molecule has 0 aliphatic carbocycles. The number of nitrogens with one attached hydrogen (secondary N) is 1. The first-order valence-corrected chi connectivity index (χ1v) is 9.07. The molecule has 0 bridgehead atoms. The molecule has 27 heavy (non-hydrogen) atoms. The number of ether oxygens (including phenoxy) is 2. The monoisotopic (exact) mass is 388 g/mol. The number of nitrogens with zero attached hydrogens (tertiary/aromatic N) is 1. The van der Waals surface area contributed by atoms with Gasteiger partial charge in [0.25, 0.3) is 5.91 Å². The highest BCUT2D eigenvalue weighted by molar-refractivity contribution is 6.30. The Balaban J connectivity index is 1.61. The second kappa shape index (κ2) is 7.88. The molecule has 0 aromatic heterocycles. The fourth-order valence-corrected chi connectivity index (χ4v) is 3.06. The normalized spacial score (nSPS) is 19.1. The zero-order valence-electron chi connectivity index (χ0n) is 15.2. The first kappa shape index (κ1) is 19.0. The minimum absolute atomic E-state index is 0.154. The first-order chi connectivity index (χ1) is 12.9. The third-order valence-corrected chi connectivity index (χ3v) is 4.67. The lowest BCUT2D eigenvalue weighted by molar-refractivity contribution is -0.131. The summed E-state index contributed by atoms with van der Waals surface area (Å²) in [5.74, 6) is 1.09. The molecule has 1 aliphatic heterocycles. The molecular weight excluding hydrogens is 368 g/mol. The van der Waals surface area contributed by atoms with E-state index >= 15 is 0 Å². The molecule has 2 aromatic rings. The number of carbonyl (C=O) groups excluding carboxylic acids is 2. The first-order valence-electron chi connectivity index (χ1n) is 8.70. The standard InChI is InChI=1S/C20H21ClN2O4/c1-3-26-16-8-10-17(11-9-16)27-13-12-23-18(24)20(2,22-19(23)25)14-4-6-15(21)7-5-14/h4-11H,3,12-13H2,1-2H3,(H,22,25). The average Bonchev–Trinajstić information content (AvgIpc) is 2.88. The number of carbonyl (C=O) groups is 2. The van der Waals surface area contributed by atoms with E-state index in [0.29, 0.717) is 22.9 Å². The number of imide groups is 1. The second-order valence-electron chi connectivity index (χ2n) is 6.27. The van der Waals surface area contributed by atoms with E-state index in [2.05, 4.69) is 5.32 Å². The van der Waals surface area contributed by atoms with Gasteiger partial charge in [-0.1, -0.05) is 23.7 Å². The Hall–Kier alpha value is -2.73. The smallest absolute Gasteiger partial charge is 0.325 e. The molecule has 0 radical (unpaired) electrons. The van der Waals surface area contributed by atoms with E-state index in [0.717, 1.165) is 5.75 Å². The second-order valence-corrected chi connectivity index (χ2v) is 6.71. The van der Waals surface area contributed by atoms with Gasteiger partial charge in [0.15, 0.2) is 0 Å². The summed E-state index contributed by atoms with van der Waals surface area (Å²) in [5.41, 5.74) is -0.430. The topological polar surface area (TPSA) is 67.9 Å². The van der Waals surface area contributed by atoms with Gasteiger partial charge < -0.3 is 14.8 Å². The summed E-state index contributed by atoms with van der Waals surface area (Å²) < 4.78 is 11.0. The Morgan fingerprint density at radius 3 is 2.19 bits per heavy atom. The van der Waals surface area contributed by atoms with E-state index in [1.807, 2.05) is 19.1 Å². The summed E-state index contributed by atoms with van der Waals surface area (Å²) in [6.07, 6.45) is 0. The predicted octanol–water partition coefficient (Wildman–Crippen LogP) is 3.58. The van der Waals surface area contributed by atoms with Crippen molar-refractivity contribution in [2.24, 2.45) is 0 Å². The maximum atomic E-state index is 12.8. The summed E-state index contributed by atoms with van der Waals surface area (Å²) in [4.78, 5) is 26.3. The Kier molecular flexibility index (Phi) is 5.56. The fourth-order valence-electron chi connectivity index (χ4n) is 2.93. The van der Waals surface area contributed by atoms with Crippen LogP contribution in [0, 0.1) is 0 Å². The zero-order valence-corrected chi connectivity index (χ0v) is 16.0. The van der Waals surface area contributed by atoms with E-state index < -0.39 is 11.6 Å². The van der Waals surface area contributed by atoms with Crippen LogP contribution in [0.3, 0.4) is 0 Å². The Bertz CT molecular complexity index is 823. The molecule has 1 unspecified atom stereocenters. The van der Waals surface area contributed by atoms with Gasteiger partial charge in [0.05, 0.1) is 13.2 Å². The van der Waals surface area contributed by atoms with Crippen molar-refractivity contribution in [3.05, 3.63) is 59.1 Å². The lowest BCUT2D eigenvalue weighted by Crippen LogP contribution is -2.41. The number of halogens is 1. The number of amides is 3. The molecule has 142 valence electrons. The van der Waals surface area contributed by atoms with Crippen LogP contribution in [0.2, 0.25) is 5.02 Å². The van der Waals surface area contributed by atoms with Crippen LogP contribution in [-0.2, 0) is 10.3 Å². The molecule has 2 aromatic carbocycles. The molecule has 3 rings (SSSR count). The molecule has 1 saturated heterocycles. The van der Waals surface area contributed by atoms with Gasteiger partial charge in [-0.2, -0.15) is 0 Å². The van der Waals surface area contributed by atoms with Crippen molar-refractivity contribution in [2.75, 3.05) is 19.8 Å². The molecule has 1 aliphatic rings. The number of hydrogen-bond donors (Lipinski definition) is 1. The maximum Gasteiger partial charge on any atom is 0.325 e. The number of benzene rings is 2.